The first-order valence-corrected chi connectivity index (χ1v) is 7.64. The first-order chi connectivity index (χ1) is 9.58. The maximum Gasteiger partial charge on any atom is 0.283 e. The highest BCUT2D eigenvalue weighted by molar-refractivity contribution is 7.18. The van der Waals surface area contributed by atoms with E-state index in [0.29, 0.717) is 0 Å². The second-order valence-electron chi connectivity index (χ2n) is 5.33. The van der Waals surface area contributed by atoms with Crippen LogP contribution in [-0.4, -0.2) is 34.5 Å². The smallest absolute Gasteiger partial charge is 0.283 e. The van der Waals surface area contributed by atoms with Gasteiger partial charge in [0.1, 0.15) is 17.0 Å². The molecule has 3 rings (SSSR count). The zero-order chi connectivity index (χ0) is 14.3. The molecule has 1 aliphatic rings. The van der Waals surface area contributed by atoms with E-state index in [9.17, 15) is 4.79 Å². The van der Waals surface area contributed by atoms with E-state index in [2.05, 4.69) is 10.1 Å². The molecule has 2 aromatic heterocycles. The van der Waals surface area contributed by atoms with Gasteiger partial charge in [-0.05, 0) is 38.2 Å². The summed E-state index contributed by atoms with van der Waals surface area (Å²) in [6, 6.07) is 0. The monoisotopic (exact) mass is 290 g/mol. The van der Waals surface area contributed by atoms with Gasteiger partial charge in [-0.1, -0.05) is 0 Å². The molecule has 0 aliphatic heterocycles. The highest BCUT2D eigenvalue weighted by Gasteiger charge is 2.19. The van der Waals surface area contributed by atoms with Crippen LogP contribution in [0.4, 0.5) is 0 Å². The molecule has 5 nitrogen and oxygen atoms in total. The Bertz CT molecular complexity index is 741. The van der Waals surface area contributed by atoms with Crippen LogP contribution in [0.3, 0.4) is 0 Å². The fourth-order valence-electron chi connectivity index (χ4n) is 2.45. The molecule has 2 aromatic rings. The first-order valence-electron chi connectivity index (χ1n) is 6.82. The molecular weight excluding hydrogens is 272 g/mol. The van der Waals surface area contributed by atoms with Crippen molar-refractivity contribution in [1.29, 1.82) is 0 Å². The fourth-order valence-corrected chi connectivity index (χ4v) is 3.67. The standard InChI is InChI=1S/C14H18N4OS/c1-9(17(2)3)16-18-8-15-13-12(14(18)19)10-6-4-5-7-11(10)20-13/h8H,4-7H2,1-3H3/b16-9+. The summed E-state index contributed by atoms with van der Waals surface area (Å²) in [7, 11) is 3.81. The van der Waals surface area contributed by atoms with E-state index in [1.807, 2.05) is 25.9 Å². The molecule has 106 valence electrons. The predicted octanol–water partition coefficient (Wildman–Crippen LogP) is 2.08. The number of amidine groups is 1. The SMILES string of the molecule is C/C(=N\n1cnc2sc3c(c2c1=O)CCCC3)N(C)C. The second-order valence-corrected chi connectivity index (χ2v) is 6.41. The van der Waals surface area contributed by atoms with Crippen molar-refractivity contribution in [2.24, 2.45) is 5.10 Å². The van der Waals surface area contributed by atoms with Crippen LogP contribution in [0.5, 0.6) is 0 Å². The summed E-state index contributed by atoms with van der Waals surface area (Å²) in [6.45, 7) is 1.87. The molecule has 0 N–H and O–H groups in total. The van der Waals surface area contributed by atoms with Crippen molar-refractivity contribution in [2.45, 2.75) is 32.6 Å². The molecule has 6 heteroatoms. The minimum atomic E-state index is -0.0457. The van der Waals surface area contributed by atoms with Gasteiger partial charge in [0.15, 0.2) is 0 Å². The summed E-state index contributed by atoms with van der Waals surface area (Å²) in [6.07, 6.45) is 5.97. The average molecular weight is 290 g/mol. The van der Waals surface area contributed by atoms with Gasteiger partial charge < -0.3 is 4.90 Å². The third-order valence-electron chi connectivity index (χ3n) is 3.76. The van der Waals surface area contributed by atoms with E-state index in [4.69, 9.17) is 0 Å². The third kappa shape index (κ3) is 2.14. The number of thiophene rings is 1. The Labute approximate surface area is 121 Å². The minimum absolute atomic E-state index is 0.0457. The normalized spacial score (nSPS) is 15.4. The Balaban J connectivity index is 2.20. The van der Waals surface area contributed by atoms with E-state index < -0.39 is 0 Å². The zero-order valence-corrected chi connectivity index (χ0v) is 12.8. The lowest BCUT2D eigenvalue weighted by molar-refractivity contribution is 0.603. The van der Waals surface area contributed by atoms with Crippen LogP contribution in [-0.2, 0) is 12.8 Å². The summed E-state index contributed by atoms with van der Waals surface area (Å²) in [4.78, 5) is 21.1. The molecule has 0 aromatic carbocycles. The number of aromatic nitrogens is 2. The third-order valence-corrected chi connectivity index (χ3v) is 4.96. The van der Waals surface area contributed by atoms with E-state index in [1.165, 1.54) is 27.9 Å². The average Bonchev–Trinajstić information content (AvgIpc) is 2.80. The number of fused-ring (bicyclic) bond motifs is 3. The van der Waals surface area contributed by atoms with Gasteiger partial charge in [0, 0.05) is 19.0 Å². The topological polar surface area (TPSA) is 50.5 Å². The summed E-state index contributed by atoms with van der Waals surface area (Å²) in [5.74, 6) is 0.775. The van der Waals surface area contributed by atoms with Crippen molar-refractivity contribution in [3.8, 4) is 0 Å². The Kier molecular flexibility index (Phi) is 3.33. The number of rotatable bonds is 1. The lowest BCUT2D eigenvalue weighted by atomic mass is 9.97. The molecule has 0 bridgehead atoms. The molecule has 0 fully saturated rings. The van der Waals surface area contributed by atoms with Crippen molar-refractivity contribution in [2.75, 3.05) is 14.1 Å². The van der Waals surface area contributed by atoms with Crippen LogP contribution < -0.4 is 5.56 Å². The highest BCUT2D eigenvalue weighted by Crippen LogP contribution is 2.33. The minimum Gasteiger partial charge on any atom is -0.365 e. The maximum atomic E-state index is 12.6. The summed E-state index contributed by atoms with van der Waals surface area (Å²) in [5, 5.41) is 5.11. The highest BCUT2D eigenvalue weighted by atomic mass is 32.1. The molecule has 0 saturated carbocycles. The predicted molar refractivity (Wildman–Crippen MR) is 82.7 cm³/mol. The van der Waals surface area contributed by atoms with Crippen LogP contribution in [0, 0.1) is 0 Å². The van der Waals surface area contributed by atoms with Crippen molar-refractivity contribution in [3.63, 3.8) is 0 Å². The Morgan fingerprint density at radius 3 is 2.90 bits per heavy atom. The summed E-state index contributed by atoms with van der Waals surface area (Å²) in [5.41, 5.74) is 1.16. The Morgan fingerprint density at radius 1 is 1.40 bits per heavy atom. The van der Waals surface area contributed by atoms with Gasteiger partial charge in [0.25, 0.3) is 5.56 Å². The van der Waals surface area contributed by atoms with E-state index in [-0.39, 0.29) is 5.56 Å². The first kappa shape index (κ1) is 13.3. The summed E-state index contributed by atoms with van der Waals surface area (Å²) < 4.78 is 1.36. The van der Waals surface area contributed by atoms with Crippen LogP contribution in [0.1, 0.15) is 30.2 Å². The van der Waals surface area contributed by atoms with Crippen molar-refractivity contribution >= 4 is 27.4 Å². The van der Waals surface area contributed by atoms with Crippen LogP contribution >= 0.6 is 11.3 Å². The van der Waals surface area contributed by atoms with Crippen molar-refractivity contribution < 1.29 is 0 Å². The Hall–Kier alpha value is -1.69. The number of hydrogen-bond acceptors (Lipinski definition) is 4. The van der Waals surface area contributed by atoms with Gasteiger partial charge in [-0.3, -0.25) is 4.79 Å². The van der Waals surface area contributed by atoms with Crippen LogP contribution in [0.25, 0.3) is 10.2 Å². The molecule has 0 saturated heterocycles. The second kappa shape index (κ2) is 5.01. The lowest BCUT2D eigenvalue weighted by Gasteiger charge is -2.11. The number of aryl methyl sites for hydroxylation is 2. The van der Waals surface area contributed by atoms with E-state index >= 15 is 0 Å². The molecule has 1 aliphatic carbocycles. The molecular formula is C14H18N4OS. The Morgan fingerprint density at radius 2 is 2.15 bits per heavy atom. The van der Waals surface area contributed by atoms with Gasteiger partial charge in [-0.15, -0.1) is 11.3 Å². The fraction of sp³-hybridized carbons (Fsp3) is 0.500. The van der Waals surface area contributed by atoms with Crippen LogP contribution in [0.2, 0.25) is 0 Å². The van der Waals surface area contributed by atoms with Gasteiger partial charge in [0.05, 0.1) is 5.39 Å². The largest absolute Gasteiger partial charge is 0.365 e. The summed E-state index contributed by atoms with van der Waals surface area (Å²) >= 11 is 1.66. The molecule has 20 heavy (non-hydrogen) atoms. The molecule has 0 spiro atoms. The zero-order valence-electron chi connectivity index (χ0n) is 12.0. The van der Waals surface area contributed by atoms with E-state index in [0.717, 1.165) is 35.3 Å². The maximum absolute atomic E-state index is 12.6. The number of nitrogens with zero attached hydrogens (tertiary/aromatic N) is 4. The quantitative estimate of drug-likeness (QED) is 0.597. The van der Waals surface area contributed by atoms with Gasteiger partial charge in [-0.2, -0.15) is 9.78 Å². The molecule has 0 amide bonds. The van der Waals surface area contributed by atoms with Crippen LogP contribution in [0.15, 0.2) is 16.2 Å². The van der Waals surface area contributed by atoms with E-state index in [1.54, 1.807) is 11.3 Å². The number of hydrogen-bond donors (Lipinski definition) is 0. The van der Waals surface area contributed by atoms with Crippen molar-refractivity contribution in [3.05, 3.63) is 27.1 Å². The van der Waals surface area contributed by atoms with Gasteiger partial charge in [-0.25, -0.2) is 4.98 Å². The molecule has 0 atom stereocenters. The van der Waals surface area contributed by atoms with Gasteiger partial charge in [0.2, 0.25) is 0 Å². The molecule has 0 unspecified atom stereocenters. The van der Waals surface area contributed by atoms with Gasteiger partial charge >= 0.3 is 0 Å². The lowest BCUT2D eigenvalue weighted by Crippen LogP contribution is -2.24. The molecule has 2 heterocycles. The molecule has 0 radical (unpaired) electrons. The van der Waals surface area contributed by atoms with Crippen molar-refractivity contribution in [1.82, 2.24) is 14.6 Å².